The van der Waals surface area contributed by atoms with Crippen LogP contribution in [-0.4, -0.2) is 9.38 Å². The fraction of sp³-hybridized carbons (Fsp3) is 0.125. The maximum atomic E-state index is 12.9. The molecule has 2 aromatic rings. The Morgan fingerprint density at radius 3 is 3.00 bits per heavy atom. The van der Waals surface area contributed by atoms with Gasteiger partial charge >= 0.3 is 0 Å². The maximum Gasteiger partial charge on any atom is 0.139 e. The lowest BCUT2D eigenvalue weighted by molar-refractivity contribution is 0.617. The quantitative estimate of drug-likeness (QED) is 0.829. The van der Waals surface area contributed by atoms with Gasteiger partial charge in [0.15, 0.2) is 0 Å². The highest BCUT2D eigenvalue weighted by Crippen LogP contribution is 2.18. The van der Waals surface area contributed by atoms with Gasteiger partial charge in [-0.25, -0.2) is 9.37 Å². The first-order valence-electron chi connectivity index (χ1n) is 3.74. The summed E-state index contributed by atoms with van der Waals surface area (Å²) < 4.78 is 15.2. The zero-order valence-corrected chi connectivity index (χ0v) is 8.25. The number of nitrogens with zero attached hydrogens (tertiary/aromatic N) is 2. The Morgan fingerprint density at radius 1 is 1.54 bits per heavy atom. The average Bonchev–Trinajstić information content (AvgIpc) is 2.42. The maximum absolute atomic E-state index is 12.9. The number of aromatic nitrogens is 2. The van der Waals surface area contributed by atoms with Crippen molar-refractivity contribution in [2.75, 3.05) is 0 Å². The summed E-state index contributed by atoms with van der Waals surface area (Å²) in [5, 5.41) is 0. The van der Waals surface area contributed by atoms with Crippen LogP contribution in [0.2, 0.25) is 0 Å². The fourth-order valence-electron chi connectivity index (χ4n) is 1.22. The molecule has 0 atom stereocenters. The van der Waals surface area contributed by atoms with Gasteiger partial charge in [-0.3, -0.25) is 4.40 Å². The predicted octanol–water partition coefficient (Wildman–Crippen LogP) is 1.69. The Morgan fingerprint density at radius 2 is 2.31 bits per heavy atom. The van der Waals surface area contributed by atoms with E-state index >= 15 is 0 Å². The first-order valence-corrected chi connectivity index (χ1v) is 4.53. The molecule has 0 aliphatic carbocycles. The van der Waals surface area contributed by atoms with Crippen LogP contribution in [0, 0.1) is 5.82 Å². The second-order valence-electron chi connectivity index (χ2n) is 2.63. The van der Waals surface area contributed by atoms with E-state index in [1.165, 1.54) is 12.3 Å². The Kier molecular flexibility index (Phi) is 2.05. The lowest BCUT2D eigenvalue weighted by Gasteiger charge is -1.97. The Balaban J connectivity index is 2.81. The summed E-state index contributed by atoms with van der Waals surface area (Å²) in [5.41, 5.74) is 6.27. The van der Waals surface area contributed by atoms with Crippen LogP contribution in [0.5, 0.6) is 0 Å². The molecule has 0 fully saturated rings. The second kappa shape index (κ2) is 3.08. The zero-order chi connectivity index (χ0) is 9.42. The van der Waals surface area contributed by atoms with Gasteiger partial charge in [0.2, 0.25) is 0 Å². The molecule has 2 aromatic heterocycles. The van der Waals surface area contributed by atoms with E-state index in [4.69, 9.17) is 5.73 Å². The van der Waals surface area contributed by atoms with Crippen molar-refractivity contribution in [3.05, 3.63) is 34.6 Å². The summed E-state index contributed by atoms with van der Waals surface area (Å²) in [6.45, 7) is 0.288. The van der Waals surface area contributed by atoms with E-state index in [2.05, 4.69) is 20.9 Å². The van der Waals surface area contributed by atoms with Gasteiger partial charge in [0.05, 0.1) is 12.1 Å². The number of hydrogen-bond donors (Lipinski definition) is 1. The fourth-order valence-corrected chi connectivity index (χ4v) is 1.75. The van der Waals surface area contributed by atoms with E-state index in [1.807, 2.05) is 0 Å². The van der Waals surface area contributed by atoms with E-state index in [1.54, 1.807) is 10.5 Å². The number of nitrogens with two attached hydrogens (primary N) is 1. The smallest absolute Gasteiger partial charge is 0.139 e. The van der Waals surface area contributed by atoms with Crippen LogP contribution >= 0.6 is 15.9 Å². The minimum atomic E-state index is -0.299. The molecule has 3 nitrogen and oxygen atoms in total. The summed E-state index contributed by atoms with van der Waals surface area (Å²) >= 11 is 3.27. The monoisotopic (exact) mass is 243 g/mol. The number of hydrogen-bond acceptors (Lipinski definition) is 2. The van der Waals surface area contributed by atoms with Gasteiger partial charge in [-0.15, -0.1) is 0 Å². The summed E-state index contributed by atoms with van der Waals surface area (Å²) in [7, 11) is 0. The molecule has 2 rings (SSSR count). The molecule has 2 heterocycles. The average molecular weight is 244 g/mol. The molecule has 13 heavy (non-hydrogen) atoms. The van der Waals surface area contributed by atoms with E-state index in [-0.39, 0.29) is 12.4 Å². The number of rotatable bonds is 1. The van der Waals surface area contributed by atoms with Crippen LogP contribution in [0.1, 0.15) is 5.82 Å². The number of pyridine rings is 1. The standard InChI is InChI=1S/C8H7BrFN3/c9-8-6-2-1-5(10)4-13(6)7(3-11)12-8/h1-2,4H,3,11H2. The van der Waals surface area contributed by atoms with Crippen molar-refractivity contribution >= 4 is 21.4 Å². The van der Waals surface area contributed by atoms with Crippen LogP contribution in [0.3, 0.4) is 0 Å². The molecule has 0 saturated carbocycles. The zero-order valence-electron chi connectivity index (χ0n) is 6.67. The molecular weight excluding hydrogens is 237 g/mol. The third-order valence-electron chi connectivity index (χ3n) is 1.81. The highest BCUT2D eigenvalue weighted by molar-refractivity contribution is 9.10. The Bertz CT molecular complexity index is 452. The van der Waals surface area contributed by atoms with E-state index in [9.17, 15) is 4.39 Å². The highest BCUT2D eigenvalue weighted by atomic mass is 79.9. The molecule has 0 bridgehead atoms. The summed E-state index contributed by atoms with van der Waals surface area (Å²) in [4.78, 5) is 4.14. The van der Waals surface area contributed by atoms with Crippen LogP contribution < -0.4 is 5.73 Å². The lowest BCUT2D eigenvalue weighted by Crippen LogP contribution is -2.02. The number of imidazole rings is 1. The van der Waals surface area contributed by atoms with Crippen LogP contribution in [0.25, 0.3) is 5.52 Å². The molecule has 0 aromatic carbocycles. The topological polar surface area (TPSA) is 43.3 Å². The van der Waals surface area contributed by atoms with Crippen molar-refractivity contribution in [2.45, 2.75) is 6.54 Å². The number of fused-ring (bicyclic) bond motifs is 1. The third-order valence-corrected chi connectivity index (χ3v) is 2.40. The molecule has 5 heteroatoms. The van der Waals surface area contributed by atoms with Gasteiger partial charge in [0.1, 0.15) is 16.2 Å². The molecule has 68 valence electrons. The van der Waals surface area contributed by atoms with Crippen molar-refractivity contribution in [1.29, 1.82) is 0 Å². The first-order chi connectivity index (χ1) is 6.22. The second-order valence-corrected chi connectivity index (χ2v) is 3.38. The Hall–Kier alpha value is -0.940. The SMILES string of the molecule is NCc1nc(Br)c2ccc(F)cn12. The summed E-state index contributed by atoms with van der Waals surface area (Å²) in [6, 6.07) is 3.05. The first kappa shape index (κ1) is 8.65. The van der Waals surface area contributed by atoms with E-state index in [0.717, 1.165) is 5.52 Å². The minimum Gasteiger partial charge on any atom is -0.324 e. The third kappa shape index (κ3) is 1.34. The molecule has 0 saturated heterocycles. The predicted molar refractivity (Wildman–Crippen MR) is 50.7 cm³/mol. The molecule has 0 aliphatic rings. The largest absolute Gasteiger partial charge is 0.324 e. The van der Waals surface area contributed by atoms with Crippen molar-refractivity contribution in [3.63, 3.8) is 0 Å². The normalized spacial score (nSPS) is 11.0. The minimum absolute atomic E-state index is 0.288. The Labute approximate surface area is 82.5 Å². The van der Waals surface area contributed by atoms with Crippen molar-refractivity contribution in [1.82, 2.24) is 9.38 Å². The van der Waals surface area contributed by atoms with Crippen molar-refractivity contribution < 1.29 is 4.39 Å². The van der Waals surface area contributed by atoms with Gasteiger partial charge in [0, 0.05) is 6.20 Å². The van der Waals surface area contributed by atoms with Crippen molar-refractivity contribution in [3.8, 4) is 0 Å². The van der Waals surface area contributed by atoms with Crippen LogP contribution in [-0.2, 0) is 6.54 Å². The van der Waals surface area contributed by atoms with E-state index in [0.29, 0.717) is 10.4 Å². The molecular formula is C8H7BrFN3. The van der Waals surface area contributed by atoms with Gasteiger partial charge in [0.25, 0.3) is 0 Å². The van der Waals surface area contributed by atoms with Gasteiger partial charge in [-0.1, -0.05) is 0 Å². The molecule has 0 spiro atoms. The van der Waals surface area contributed by atoms with E-state index < -0.39 is 0 Å². The molecule has 0 radical (unpaired) electrons. The summed E-state index contributed by atoms with van der Waals surface area (Å²) in [5.74, 6) is 0.341. The molecule has 2 N–H and O–H groups in total. The van der Waals surface area contributed by atoms with Gasteiger partial charge in [-0.05, 0) is 28.1 Å². The summed E-state index contributed by atoms with van der Waals surface area (Å²) in [6.07, 6.45) is 1.37. The molecule has 0 aliphatic heterocycles. The lowest BCUT2D eigenvalue weighted by atomic mass is 10.4. The van der Waals surface area contributed by atoms with Gasteiger partial charge in [-0.2, -0.15) is 0 Å². The molecule has 0 amide bonds. The number of halogens is 2. The molecule has 0 unspecified atom stereocenters. The van der Waals surface area contributed by atoms with Gasteiger partial charge < -0.3 is 5.73 Å². The van der Waals surface area contributed by atoms with Crippen LogP contribution in [0.15, 0.2) is 22.9 Å². The highest BCUT2D eigenvalue weighted by Gasteiger charge is 2.07. The van der Waals surface area contributed by atoms with Crippen LogP contribution in [0.4, 0.5) is 4.39 Å². The van der Waals surface area contributed by atoms with Crippen molar-refractivity contribution in [2.24, 2.45) is 5.73 Å².